The molecule has 0 bridgehead atoms. The van der Waals surface area contributed by atoms with Crippen molar-refractivity contribution < 1.29 is 9.53 Å². The van der Waals surface area contributed by atoms with Crippen LogP contribution in [-0.4, -0.2) is 21.4 Å². The summed E-state index contributed by atoms with van der Waals surface area (Å²) >= 11 is 1.60. The van der Waals surface area contributed by atoms with Crippen LogP contribution < -0.4 is 10.1 Å². The number of nitrogens with one attached hydrogen (secondary N) is 1. The summed E-state index contributed by atoms with van der Waals surface area (Å²) in [5, 5.41) is 4.94. The lowest BCUT2D eigenvalue weighted by molar-refractivity contribution is -0.122. The number of imidazole rings is 1. The third kappa shape index (κ3) is 2.64. The fourth-order valence-electron chi connectivity index (χ4n) is 3.14. The van der Waals surface area contributed by atoms with E-state index < -0.39 is 6.10 Å². The van der Waals surface area contributed by atoms with Crippen LogP contribution in [0.15, 0.2) is 66.3 Å². The Morgan fingerprint density at radius 3 is 2.85 bits per heavy atom. The van der Waals surface area contributed by atoms with Gasteiger partial charge in [-0.25, -0.2) is 4.98 Å². The van der Waals surface area contributed by atoms with Gasteiger partial charge in [0.1, 0.15) is 5.75 Å². The van der Waals surface area contributed by atoms with Crippen LogP contribution in [0, 0.1) is 0 Å². The molecule has 1 atom stereocenters. The van der Waals surface area contributed by atoms with E-state index in [-0.39, 0.29) is 5.91 Å². The smallest absolute Gasteiger partial charge is 0.265 e. The van der Waals surface area contributed by atoms with E-state index in [0.717, 1.165) is 33.2 Å². The Labute approximate surface area is 153 Å². The molecular formula is C20H15N3O2S. The summed E-state index contributed by atoms with van der Waals surface area (Å²) in [5.41, 5.74) is 3.76. The highest BCUT2D eigenvalue weighted by molar-refractivity contribution is 7.15. The van der Waals surface area contributed by atoms with Gasteiger partial charge in [0, 0.05) is 35.4 Å². The average Bonchev–Trinajstić information content (AvgIpc) is 3.36. The number of amides is 1. The van der Waals surface area contributed by atoms with Crippen molar-refractivity contribution in [2.24, 2.45) is 0 Å². The molecule has 26 heavy (non-hydrogen) atoms. The van der Waals surface area contributed by atoms with E-state index in [1.165, 1.54) is 0 Å². The van der Waals surface area contributed by atoms with Crippen LogP contribution in [0.25, 0.3) is 16.2 Å². The van der Waals surface area contributed by atoms with Gasteiger partial charge in [-0.1, -0.05) is 30.3 Å². The number of anilines is 1. The van der Waals surface area contributed by atoms with Gasteiger partial charge in [-0.15, -0.1) is 11.3 Å². The molecule has 2 aromatic heterocycles. The highest BCUT2D eigenvalue weighted by Crippen LogP contribution is 2.29. The Kier molecular flexibility index (Phi) is 3.50. The molecule has 5 nitrogen and oxygen atoms in total. The Hall–Kier alpha value is -3.12. The Morgan fingerprint density at radius 1 is 1.19 bits per heavy atom. The molecule has 0 radical (unpaired) electrons. The number of carbonyl (C=O) groups excluding carboxylic acids is 1. The van der Waals surface area contributed by atoms with Gasteiger partial charge in [-0.2, -0.15) is 0 Å². The normalized spacial score (nSPS) is 15.6. The summed E-state index contributed by atoms with van der Waals surface area (Å²) in [6.07, 6.45) is 4.12. The van der Waals surface area contributed by atoms with Crippen LogP contribution in [0.2, 0.25) is 0 Å². The van der Waals surface area contributed by atoms with Gasteiger partial charge in [-0.05, 0) is 23.8 Å². The third-order valence-corrected chi connectivity index (χ3v) is 5.25. The highest BCUT2D eigenvalue weighted by Gasteiger charge is 2.28. The molecule has 5 rings (SSSR count). The number of benzene rings is 2. The Balaban J connectivity index is 1.29. The Bertz CT molecular complexity index is 1040. The minimum Gasteiger partial charge on any atom is -0.480 e. The van der Waals surface area contributed by atoms with Gasteiger partial charge in [0.15, 0.2) is 11.1 Å². The van der Waals surface area contributed by atoms with Crippen LogP contribution in [0.4, 0.5) is 5.69 Å². The van der Waals surface area contributed by atoms with Crippen LogP contribution in [-0.2, 0) is 11.2 Å². The molecule has 2 aromatic carbocycles. The largest absolute Gasteiger partial charge is 0.480 e. The van der Waals surface area contributed by atoms with Crippen LogP contribution >= 0.6 is 11.3 Å². The molecule has 0 unspecified atom stereocenters. The molecular weight excluding hydrogens is 346 g/mol. The number of nitrogens with zero attached hydrogens (tertiary/aromatic N) is 2. The number of hydrogen-bond acceptors (Lipinski definition) is 4. The van der Waals surface area contributed by atoms with E-state index in [1.54, 1.807) is 11.3 Å². The SMILES string of the molecule is O=C(Nc1ccc(-c2cn3ccsc3n2)cc1)[C@@H]1Cc2ccccc2O1. The molecule has 1 aliphatic heterocycles. The van der Waals surface area contributed by atoms with Gasteiger partial charge < -0.3 is 10.1 Å². The van der Waals surface area contributed by atoms with Crippen LogP contribution in [0.3, 0.4) is 0 Å². The topological polar surface area (TPSA) is 55.6 Å². The third-order valence-electron chi connectivity index (χ3n) is 4.48. The second kappa shape index (κ2) is 6.00. The second-order valence-corrected chi connectivity index (χ2v) is 7.08. The molecule has 0 fully saturated rings. The first-order valence-corrected chi connectivity index (χ1v) is 9.22. The monoisotopic (exact) mass is 361 g/mol. The molecule has 1 amide bonds. The minimum absolute atomic E-state index is 0.128. The minimum atomic E-state index is -0.480. The first-order valence-electron chi connectivity index (χ1n) is 8.34. The van der Waals surface area contributed by atoms with Crippen LogP contribution in [0.5, 0.6) is 5.75 Å². The van der Waals surface area contributed by atoms with Crippen molar-refractivity contribution in [3.05, 3.63) is 71.9 Å². The number of fused-ring (bicyclic) bond motifs is 2. The lowest BCUT2D eigenvalue weighted by Crippen LogP contribution is -2.31. The molecule has 0 saturated carbocycles. The number of para-hydroxylation sites is 1. The maximum atomic E-state index is 12.5. The summed E-state index contributed by atoms with van der Waals surface area (Å²) in [5.74, 6) is 0.666. The summed E-state index contributed by atoms with van der Waals surface area (Å²) < 4.78 is 7.74. The lowest BCUT2D eigenvalue weighted by atomic mass is 10.1. The van der Waals surface area contributed by atoms with E-state index in [0.29, 0.717) is 6.42 Å². The van der Waals surface area contributed by atoms with Crippen molar-refractivity contribution >= 4 is 27.9 Å². The molecule has 0 spiro atoms. The number of carbonyl (C=O) groups is 1. The molecule has 6 heteroatoms. The first-order chi connectivity index (χ1) is 12.8. The standard InChI is InChI=1S/C20H15N3O2S/c24-19(18-11-14-3-1-2-4-17(14)25-18)21-15-7-5-13(6-8-15)16-12-23-9-10-26-20(23)22-16/h1-10,12,18H,11H2,(H,21,24)/t18-/m0/s1. The maximum Gasteiger partial charge on any atom is 0.265 e. The van der Waals surface area contributed by atoms with Crippen molar-refractivity contribution in [1.82, 2.24) is 9.38 Å². The number of rotatable bonds is 3. The van der Waals surface area contributed by atoms with Crippen molar-refractivity contribution in [2.75, 3.05) is 5.32 Å². The molecule has 0 saturated heterocycles. The average molecular weight is 361 g/mol. The molecule has 1 aliphatic rings. The second-order valence-electron chi connectivity index (χ2n) is 6.20. The zero-order valence-corrected chi connectivity index (χ0v) is 14.6. The van der Waals surface area contributed by atoms with Gasteiger partial charge in [0.05, 0.1) is 5.69 Å². The zero-order valence-electron chi connectivity index (χ0n) is 13.8. The van der Waals surface area contributed by atoms with E-state index in [2.05, 4.69) is 10.3 Å². The lowest BCUT2D eigenvalue weighted by Gasteiger charge is -2.11. The van der Waals surface area contributed by atoms with Crippen molar-refractivity contribution in [3.8, 4) is 17.0 Å². The number of aromatic nitrogens is 2. The fraction of sp³-hybridized carbons (Fsp3) is 0.100. The Morgan fingerprint density at radius 2 is 2.04 bits per heavy atom. The van der Waals surface area contributed by atoms with Crippen molar-refractivity contribution in [3.63, 3.8) is 0 Å². The molecule has 0 aliphatic carbocycles. The van der Waals surface area contributed by atoms with Crippen LogP contribution in [0.1, 0.15) is 5.56 Å². The predicted octanol–water partition coefficient (Wildman–Crippen LogP) is 4.01. The summed E-state index contributed by atoms with van der Waals surface area (Å²) in [4.78, 5) is 18.0. The van der Waals surface area contributed by atoms with E-state index in [9.17, 15) is 4.79 Å². The summed E-state index contributed by atoms with van der Waals surface area (Å²) in [6, 6.07) is 15.5. The van der Waals surface area contributed by atoms with Crippen molar-refractivity contribution in [1.29, 1.82) is 0 Å². The first kappa shape index (κ1) is 15.2. The molecule has 4 aromatic rings. The van der Waals surface area contributed by atoms with Gasteiger partial charge in [0.2, 0.25) is 0 Å². The van der Waals surface area contributed by atoms with Gasteiger partial charge >= 0.3 is 0 Å². The van der Waals surface area contributed by atoms with Gasteiger partial charge in [0.25, 0.3) is 5.91 Å². The van der Waals surface area contributed by atoms with E-state index >= 15 is 0 Å². The zero-order chi connectivity index (χ0) is 17.5. The highest BCUT2D eigenvalue weighted by atomic mass is 32.1. The molecule has 1 N–H and O–H groups in total. The van der Waals surface area contributed by atoms with E-state index in [4.69, 9.17) is 4.74 Å². The fourth-order valence-corrected chi connectivity index (χ4v) is 3.84. The number of thiazole rings is 1. The number of hydrogen-bond donors (Lipinski definition) is 1. The summed E-state index contributed by atoms with van der Waals surface area (Å²) in [6.45, 7) is 0. The molecule has 3 heterocycles. The molecule has 128 valence electrons. The predicted molar refractivity (Wildman–Crippen MR) is 102 cm³/mol. The van der Waals surface area contributed by atoms with E-state index in [1.807, 2.05) is 70.7 Å². The van der Waals surface area contributed by atoms with Crippen molar-refractivity contribution in [2.45, 2.75) is 12.5 Å². The summed E-state index contributed by atoms with van der Waals surface area (Å²) in [7, 11) is 0. The van der Waals surface area contributed by atoms with Gasteiger partial charge in [-0.3, -0.25) is 9.20 Å². The maximum absolute atomic E-state index is 12.5. The number of ether oxygens (including phenoxy) is 1. The quantitative estimate of drug-likeness (QED) is 0.600.